The summed E-state index contributed by atoms with van der Waals surface area (Å²) in [5.74, 6) is 1.67. The molecule has 0 atom stereocenters. The number of ether oxygens (including phenoxy) is 1. The average molecular weight is 282 g/mol. The Bertz CT molecular complexity index is 779. The fourth-order valence-electron chi connectivity index (χ4n) is 2.49. The zero-order chi connectivity index (χ0) is 14.8. The van der Waals surface area contributed by atoms with Gasteiger partial charge in [0, 0.05) is 30.9 Å². The molecule has 0 aliphatic heterocycles. The molecular weight excluding hydrogens is 264 g/mol. The van der Waals surface area contributed by atoms with Gasteiger partial charge in [0.25, 0.3) is 0 Å². The van der Waals surface area contributed by atoms with E-state index >= 15 is 0 Å². The monoisotopic (exact) mass is 282 g/mol. The lowest BCUT2D eigenvalue weighted by atomic mass is 10.2. The largest absolute Gasteiger partial charge is 0.481 e. The second-order valence-electron chi connectivity index (χ2n) is 4.92. The van der Waals surface area contributed by atoms with Crippen molar-refractivity contribution < 1.29 is 4.74 Å². The fraction of sp³-hybridized carbons (Fsp3) is 0.250. The Balaban J connectivity index is 2.06. The van der Waals surface area contributed by atoms with Gasteiger partial charge in [0.2, 0.25) is 5.88 Å². The van der Waals surface area contributed by atoms with Crippen LogP contribution in [0.3, 0.4) is 0 Å². The predicted molar refractivity (Wildman–Crippen MR) is 83.4 cm³/mol. The zero-order valence-corrected chi connectivity index (χ0v) is 12.2. The van der Waals surface area contributed by atoms with Crippen molar-refractivity contribution in [2.75, 3.05) is 12.8 Å². The van der Waals surface area contributed by atoms with Gasteiger partial charge in [0.05, 0.1) is 18.1 Å². The number of benzene rings is 1. The van der Waals surface area contributed by atoms with Crippen molar-refractivity contribution in [1.82, 2.24) is 14.5 Å². The first-order valence-electron chi connectivity index (χ1n) is 6.95. The molecule has 2 N–H and O–H groups in total. The van der Waals surface area contributed by atoms with Crippen LogP contribution in [0, 0.1) is 0 Å². The van der Waals surface area contributed by atoms with Gasteiger partial charge in [-0.05, 0) is 29.8 Å². The molecule has 21 heavy (non-hydrogen) atoms. The van der Waals surface area contributed by atoms with E-state index in [4.69, 9.17) is 10.5 Å². The van der Waals surface area contributed by atoms with Crippen molar-refractivity contribution in [3.8, 4) is 5.88 Å². The number of methoxy groups -OCH3 is 1. The minimum Gasteiger partial charge on any atom is -0.481 e. The normalized spacial score (nSPS) is 11.0. The number of aromatic nitrogens is 3. The van der Waals surface area contributed by atoms with Crippen LogP contribution in [0.2, 0.25) is 0 Å². The molecule has 3 aromatic rings. The standard InChI is InChI=1S/C16H18N4O/c1-3-15-19-13-9-12(17)4-5-14(13)20(15)10-11-6-7-18-16(8-11)21-2/h4-9H,3,10,17H2,1-2H3. The third-order valence-corrected chi connectivity index (χ3v) is 3.52. The molecule has 0 fully saturated rings. The summed E-state index contributed by atoms with van der Waals surface area (Å²) in [7, 11) is 1.62. The number of imidazole rings is 1. The summed E-state index contributed by atoms with van der Waals surface area (Å²) < 4.78 is 7.39. The molecule has 1 aromatic carbocycles. The highest BCUT2D eigenvalue weighted by molar-refractivity contribution is 5.79. The molecule has 0 spiro atoms. The molecule has 2 aromatic heterocycles. The van der Waals surface area contributed by atoms with E-state index in [1.165, 1.54) is 0 Å². The predicted octanol–water partition coefficient (Wildman–Crippen LogP) is 2.63. The van der Waals surface area contributed by atoms with E-state index < -0.39 is 0 Å². The number of rotatable bonds is 4. The van der Waals surface area contributed by atoms with Crippen LogP contribution in [0.4, 0.5) is 5.69 Å². The number of nitrogens with two attached hydrogens (primary N) is 1. The van der Waals surface area contributed by atoms with E-state index in [1.807, 2.05) is 30.3 Å². The van der Waals surface area contributed by atoms with E-state index in [0.717, 1.165) is 41.1 Å². The van der Waals surface area contributed by atoms with Crippen LogP contribution in [0.25, 0.3) is 11.0 Å². The first-order chi connectivity index (χ1) is 10.2. The second kappa shape index (κ2) is 5.44. The first-order valence-corrected chi connectivity index (χ1v) is 6.95. The number of nitrogen functional groups attached to an aromatic ring is 1. The molecule has 0 aliphatic carbocycles. The fourth-order valence-corrected chi connectivity index (χ4v) is 2.49. The molecule has 0 radical (unpaired) electrons. The number of hydrogen-bond donors (Lipinski definition) is 1. The number of fused-ring (bicyclic) bond motifs is 1. The molecule has 0 bridgehead atoms. The summed E-state index contributed by atoms with van der Waals surface area (Å²) >= 11 is 0. The van der Waals surface area contributed by atoms with Crippen molar-refractivity contribution in [3.05, 3.63) is 47.9 Å². The summed E-state index contributed by atoms with van der Waals surface area (Å²) in [4.78, 5) is 8.81. The molecule has 0 aliphatic rings. The number of pyridine rings is 1. The molecule has 0 saturated heterocycles. The maximum Gasteiger partial charge on any atom is 0.213 e. The lowest BCUT2D eigenvalue weighted by Crippen LogP contribution is -2.05. The van der Waals surface area contributed by atoms with Crippen LogP contribution in [0.15, 0.2) is 36.5 Å². The van der Waals surface area contributed by atoms with Crippen LogP contribution in [-0.2, 0) is 13.0 Å². The Morgan fingerprint density at radius 3 is 2.86 bits per heavy atom. The van der Waals surface area contributed by atoms with Crippen molar-refractivity contribution in [3.63, 3.8) is 0 Å². The molecule has 3 rings (SSSR count). The maximum atomic E-state index is 5.84. The first kappa shape index (κ1) is 13.4. The Morgan fingerprint density at radius 1 is 1.24 bits per heavy atom. The highest BCUT2D eigenvalue weighted by Gasteiger charge is 2.10. The van der Waals surface area contributed by atoms with E-state index in [0.29, 0.717) is 5.88 Å². The summed E-state index contributed by atoms with van der Waals surface area (Å²) in [6.07, 6.45) is 2.63. The van der Waals surface area contributed by atoms with Gasteiger partial charge in [-0.15, -0.1) is 0 Å². The van der Waals surface area contributed by atoms with Crippen molar-refractivity contribution in [2.24, 2.45) is 0 Å². The lowest BCUT2D eigenvalue weighted by molar-refractivity contribution is 0.397. The summed E-state index contributed by atoms with van der Waals surface area (Å²) in [5.41, 5.74) is 9.74. The molecule has 0 unspecified atom stereocenters. The Labute approximate surface area is 123 Å². The average Bonchev–Trinajstić information content (AvgIpc) is 2.84. The van der Waals surface area contributed by atoms with Crippen LogP contribution in [-0.4, -0.2) is 21.6 Å². The number of nitrogens with zero attached hydrogens (tertiary/aromatic N) is 3. The molecule has 0 saturated carbocycles. The van der Waals surface area contributed by atoms with Crippen molar-refractivity contribution in [2.45, 2.75) is 19.9 Å². The molecule has 2 heterocycles. The van der Waals surface area contributed by atoms with Crippen LogP contribution in [0.5, 0.6) is 5.88 Å². The van der Waals surface area contributed by atoms with Crippen LogP contribution in [0.1, 0.15) is 18.3 Å². The molecule has 5 heteroatoms. The van der Waals surface area contributed by atoms with Gasteiger partial charge < -0.3 is 15.0 Å². The van der Waals surface area contributed by atoms with E-state index in [1.54, 1.807) is 13.3 Å². The topological polar surface area (TPSA) is 66.0 Å². The van der Waals surface area contributed by atoms with Crippen molar-refractivity contribution in [1.29, 1.82) is 0 Å². The van der Waals surface area contributed by atoms with Gasteiger partial charge in [0.1, 0.15) is 5.82 Å². The molecule has 0 amide bonds. The highest BCUT2D eigenvalue weighted by Crippen LogP contribution is 2.21. The van der Waals surface area contributed by atoms with Gasteiger partial charge in [-0.3, -0.25) is 0 Å². The Morgan fingerprint density at radius 2 is 2.10 bits per heavy atom. The van der Waals surface area contributed by atoms with Crippen molar-refractivity contribution >= 4 is 16.7 Å². The second-order valence-corrected chi connectivity index (χ2v) is 4.92. The number of anilines is 1. The third kappa shape index (κ3) is 2.54. The lowest BCUT2D eigenvalue weighted by Gasteiger charge is -2.09. The Kier molecular flexibility index (Phi) is 3.48. The summed E-state index contributed by atoms with van der Waals surface area (Å²) in [6, 6.07) is 9.79. The van der Waals surface area contributed by atoms with Gasteiger partial charge >= 0.3 is 0 Å². The summed E-state index contributed by atoms with van der Waals surface area (Å²) in [6.45, 7) is 2.84. The highest BCUT2D eigenvalue weighted by atomic mass is 16.5. The quantitative estimate of drug-likeness (QED) is 0.747. The SMILES string of the molecule is CCc1nc2cc(N)ccc2n1Cc1ccnc(OC)c1. The minimum atomic E-state index is 0.624. The minimum absolute atomic E-state index is 0.624. The molecule has 108 valence electrons. The van der Waals surface area contributed by atoms with Crippen LogP contribution < -0.4 is 10.5 Å². The smallest absolute Gasteiger partial charge is 0.213 e. The van der Waals surface area contributed by atoms with Gasteiger partial charge in [-0.1, -0.05) is 6.92 Å². The molecule has 5 nitrogen and oxygen atoms in total. The van der Waals surface area contributed by atoms with E-state index in [-0.39, 0.29) is 0 Å². The molecular formula is C16H18N4O. The number of hydrogen-bond acceptors (Lipinski definition) is 4. The van der Waals surface area contributed by atoms with E-state index in [9.17, 15) is 0 Å². The Hall–Kier alpha value is -2.56. The van der Waals surface area contributed by atoms with Gasteiger partial charge in [-0.2, -0.15) is 0 Å². The zero-order valence-electron chi connectivity index (χ0n) is 12.2. The summed E-state index contributed by atoms with van der Waals surface area (Å²) in [5, 5.41) is 0. The van der Waals surface area contributed by atoms with E-state index in [2.05, 4.69) is 21.5 Å². The maximum absolute atomic E-state index is 5.84. The van der Waals surface area contributed by atoms with Gasteiger partial charge in [0.15, 0.2) is 0 Å². The van der Waals surface area contributed by atoms with Gasteiger partial charge in [-0.25, -0.2) is 9.97 Å². The van der Waals surface area contributed by atoms with Crippen LogP contribution >= 0.6 is 0 Å². The third-order valence-electron chi connectivity index (χ3n) is 3.52. The number of aryl methyl sites for hydroxylation is 1.